The maximum atomic E-state index is 6.05. The molecule has 0 aromatic heterocycles. The van der Waals surface area contributed by atoms with Gasteiger partial charge in [0.05, 0.1) is 0 Å². The van der Waals surface area contributed by atoms with Crippen molar-refractivity contribution in [3.63, 3.8) is 0 Å². The van der Waals surface area contributed by atoms with Crippen molar-refractivity contribution in [2.75, 3.05) is 13.6 Å². The number of aliphatic imine (C=N–C) groups is 1. The standard InChI is InChI=1S/C18H20BrN3/c1-22-13-18(21-17(22)20,15-7-3-2-4-8-15)11-10-14-6-5-9-16(19)12-14/h2-9,12H,10-11,13H2,1H3,(H2,20,21). The van der Waals surface area contributed by atoms with Crippen LogP contribution in [0.15, 0.2) is 64.1 Å². The van der Waals surface area contributed by atoms with E-state index in [1.54, 1.807) is 0 Å². The van der Waals surface area contributed by atoms with Crippen molar-refractivity contribution in [3.8, 4) is 0 Å². The van der Waals surface area contributed by atoms with Crippen LogP contribution < -0.4 is 5.73 Å². The van der Waals surface area contributed by atoms with Crippen LogP contribution in [0.3, 0.4) is 0 Å². The first-order valence-electron chi connectivity index (χ1n) is 7.45. The summed E-state index contributed by atoms with van der Waals surface area (Å²) in [6, 6.07) is 18.9. The largest absolute Gasteiger partial charge is 0.370 e. The summed E-state index contributed by atoms with van der Waals surface area (Å²) in [4.78, 5) is 6.85. The highest BCUT2D eigenvalue weighted by molar-refractivity contribution is 9.10. The molecular weight excluding hydrogens is 338 g/mol. The Morgan fingerprint density at radius 3 is 2.59 bits per heavy atom. The second kappa shape index (κ2) is 6.13. The van der Waals surface area contributed by atoms with Crippen LogP contribution in [0.5, 0.6) is 0 Å². The second-order valence-electron chi connectivity index (χ2n) is 5.85. The van der Waals surface area contributed by atoms with Crippen LogP contribution in [0, 0.1) is 0 Å². The van der Waals surface area contributed by atoms with Gasteiger partial charge in [0.25, 0.3) is 0 Å². The third kappa shape index (κ3) is 3.02. The van der Waals surface area contributed by atoms with E-state index in [-0.39, 0.29) is 5.54 Å². The van der Waals surface area contributed by atoms with Gasteiger partial charge in [0.2, 0.25) is 0 Å². The Bertz CT molecular complexity index is 684. The number of nitrogens with zero attached hydrogens (tertiary/aromatic N) is 2. The number of hydrogen-bond acceptors (Lipinski definition) is 3. The third-order valence-corrected chi connectivity index (χ3v) is 4.74. The summed E-state index contributed by atoms with van der Waals surface area (Å²) in [5.74, 6) is 0.623. The first-order chi connectivity index (χ1) is 10.6. The molecule has 22 heavy (non-hydrogen) atoms. The molecule has 3 rings (SSSR count). The van der Waals surface area contributed by atoms with E-state index in [0.29, 0.717) is 5.96 Å². The number of nitrogens with two attached hydrogens (primary N) is 1. The SMILES string of the molecule is CN1CC(CCc2cccc(Br)c2)(c2ccccc2)N=C1N. The van der Waals surface area contributed by atoms with E-state index < -0.39 is 0 Å². The average molecular weight is 358 g/mol. The summed E-state index contributed by atoms with van der Waals surface area (Å²) < 4.78 is 1.12. The smallest absolute Gasteiger partial charge is 0.192 e. The molecule has 4 heteroatoms. The van der Waals surface area contributed by atoms with Crippen molar-refractivity contribution >= 4 is 21.9 Å². The van der Waals surface area contributed by atoms with Crippen LogP contribution in [0.1, 0.15) is 17.5 Å². The molecule has 0 bridgehead atoms. The Morgan fingerprint density at radius 1 is 1.18 bits per heavy atom. The number of rotatable bonds is 4. The highest BCUT2D eigenvalue weighted by Crippen LogP contribution is 2.35. The van der Waals surface area contributed by atoms with Crippen molar-refractivity contribution in [2.24, 2.45) is 10.7 Å². The van der Waals surface area contributed by atoms with Gasteiger partial charge in [-0.05, 0) is 36.1 Å². The molecule has 1 atom stereocenters. The van der Waals surface area contributed by atoms with Crippen LogP contribution in [-0.4, -0.2) is 24.5 Å². The Morgan fingerprint density at radius 2 is 1.95 bits per heavy atom. The molecule has 1 aliphatic rings. The van der Waals surface area contributed by atoms with Gasteiger partial charge < -0.3 is 10.6 Å². The van der Waals surface area contributed by atoms with E-state index in [1.807, 2.05) is 18.0 Å². The number of benzene rings is 2. The Hall–Kier alpha value is -1.81. The lowest BCUT2D eigenvalue weighted by atomic mass is 9.85. The molecule has 0 spiro atoms. The van der Waals surface area contributed by atoms with E-state index >= 15 is 0 Å². The molecule has 1 aliphatic heterocycles. The second-order valence-corrected chi connectivity index (χ2v) is 6.77. The summed E-state index contributed by atoms with van der Waals surface area (Å²) >= 11 is 3.54. The number of likely N-dealkylation sites (N-methyl/N-ethyl adjacent to an activating group) is 1. The van der Waals surface area contributed by atoms with Gasteiger partial charge in [-0.3, -0.25) is 0 Å². The molecule has 2 N–H and O–H groups in total. The summed E-state index contributed by atoms with van der Waals surface area (Å²) in [6.45, 7) is 0.830. The molecule has 0 amide bonds. The first-order valence-corrected chi connectivity index (χ1v) is 8.25. The Balaban J connectivity index is 1.88. The molecule has 1 heterocycles. The van der Waals surface area contributed by atoms with Crippen molar-refractivity contribution in [3.05, 3.63) is 70.2 Å². The molecular formula is C18H20BrN3. The minimum Gasteiger partial charge on any atom is -0.370 e. The van der Waals surface area contributed by atoms with E-state index in [9.17, 15) is 0 Å². The van der Waals surface area contributed by atoms with Gasteiger partial charge in [0.15, 0.2) is 5.96 Å². The summed E-state index contributed by atoms with van der Waals surface area (Å²) in [5, 5.41) is 0. The first kappa shape index (κ1) is 15.1. The number of hydrogen-bond donors (Lipinski definition) is 1. The van der Waals surface area contributed by atoms with Crippen molar-refractivity contribution < 1.29 is 0 Å². The normalized spacial score (nSPS) is 21.0. The van der Waals surface area contributed by atoms with E-state index in [2.05, 4.69) is 64.5 Å². The van der Waals surface area contributed by atoms with Crippen molar-refractivity contribution in [1.29, 1.82) is 0 Å². The van der Waals surface area contributed by atoms with Gasteiger partial charge in [0, 0.05) is 18.1 Å². The van der Waals surface area contributed by atoms with Crippen molar-refractivity contribution in [2.45, 2.75) is 18.4 Å². The molecule has 0 fully saturated rings. The molecule has 114 valence electrons. The molecule has 1 unspecified atom stereocenters. The van der Waals surface area contributed by atoms with Gasteiger partial charge in [-0.25, -0.2) is 4.99 Å². The molecule has 0 saturated carbocycles. The minimum absolute atomic E-state index is 0.248. The van der Waals surface area contributed by atoms with Crippen LogP contribution in [-0.2, 0) is 12.0 Å². The van der Waals surface area contributed by atoms with E-state index in [1.165, 1.54) is 11.1 Å². The topological polar surface area (TPSA) is 41.6 Å². The maximum absolute atomic E-state index is 6.05. The van der Waals surface area contributed by atoms with Gasteiger partial charge in [-0.2, -0.15) is 0 Å². The fourth-order valence-corrected chi connectivity index (χ4v) is 3.49. The zero-order valence-corrected chi connectivity index (χ0v) is 14.3. The van der Waals surface area contributed by atoms with Gasteiger partial charge in [-0.1, -0.05) is 58.4 Å². The molecule has 3 nitrogen and oxygen atoms in total. The molecule has 2 aromatic carbocycles. The average Bonchev–Trinajstić information content (AvgIpc) is 2.82. The quantitative estimate of drug-likeness (QED) is 0.908. The highest BCUT2D eigenvalue weighted by atomic mass is 79.9. The lowest BCUT2D eigenvalue weighted by molar-refractivity contribution is 0.358. The summed E-state index contributed by atoms with van der Waals surface area (Å²) in [6.07, 6.45) is 1.91. The predicted octanol–water partition coefficient (Wildman–Crippen LogP) is 3.54. The summed E-state index contributed by atoms with van der Waals surface area (Å²) in [5.41, 5.74) is 8.35. The third-order valence-electron chi connectivity index (χ3n) is 4.25. The van der Waals surface area contributed by atoms with Gasteiger partial charge >= 0.3 is 0 Å². The van der Waals surface area contributed by atoms with Crippen LogP contribution in [0.2, 0.25) is 0 Å². The monoisotopic (exact) mass is 357 g/mol. The number of aryl methyl sites for hydroxylation is 1. The zero-order chi connectivity index (χ0) is 15.6. The molecule has 0 aliphatic carbocycles. The minimum atomic E-state index is -0.248. The predicted molar refractivity (Wildman–Crippen MR) is 94.8 cm³/mol. The van der Waals surface area contributed by atoms with Gasteiger partial charge in [-0.15, -0.1) is 0 Å². The molecule has 0 saturated heterocycles. The van der Waals surface area contributed by atoms with Crippen LogP contribution in [0.25, 0.3) is 0 Å². The number of guanidine groups is 1. The van der Waals surface area contributed by atoms with Crippen LogP contribution in [0.4, 0.5) is 0 Å². The fourth-order valence-electron chi connectivity index (χ4n) is 3.04. The number of halogens is 1. The zero-order valence-electron chi connectivity index (χ0n) is 12.7. The van der Waals surface area contributed by atoms with E-state index in [4.69, 9.17) is 10.7 Å². The fraction of sp³-hybridized carbons (Fsp3) is 0.278. The van der Waals surface area contributed by atoms with Gasteiger partial charge in [0.1, 0.15) is 5.54 Å². The highest BCUT2D eigenvalue weighted by Gasteiger charge is 2.38. The maximum Gasteiger partial charge on any atom is 0.192 e. The van der Waals surface area contributed by atoms with Crippen LogP contribution >= 0.6 is 15.9 Å². The lowest BCUT2D eigenvalue weighted by Crippen LogP contribution is -2.34. The Kier molecular flexibility index (Phi) is 4.21. The van der Waals surface area contributed by atoms with E-state index in [0.717, 1.165) is 23.9 Å². The molecule has 0 radical (unpaired) electrons. The summed E-state index contributed by atoms with van der Waals surface area (Å²) in [7, 11) is 2.00. The lowest BCUT2D eigenvalue weighted by Gasteiger charge is -2.27. The van der Waals surface area contributed by atoms with Crippen molar-refractivity contribution in [1.82, 2.24) is 4.90 Å². The Labute approximate surface area is 140 Å². The molecule has 2 aromatic rings.